The molecule has 0 atom stereocenters. The minimum atomic E-state index is -0.658. The Morgan fingerprint density at radius 1 is 1.21 bits per heavy atom. The summed E-state index contributed by atoms with van der Waals surface area (Å²) in [7, 11) is 0. The molecule has 0 spiro atoms. The highest BCUT2D eigenvalue weighted by Gasteiger charge is 2.01. The molecule has 0 bridgehead atoms. The predicted molar refractivity (Wildman–Crippen MR) is 51.8 cm³/mol. The average Bonchev–Trinajstić information content (AvgIpc) is 2.26. The Balaban J connectivity index is 2.29. The zero-order valence-electron chi connectivity index (χ0n) is 8.33. The highest BCUT2D eigenvalue weighted by Crippen LogP contribution is 2.22. The molecule has 2 heteroatoms. The van der Waals surface area contributed by atoms with E-state index >= 15 is 0 Å². The second-order valence-corrected chi connectivity index (χ2v) is 2.68. The molecule has 2 aromatic rings. The van der Waals surface area contributed by atoms with E-state index in [0.717, 1.165) is 0 Å². The van der Waals surface area contributed by atoms with Gasteiger partial charge in [-0.2, -0.15) is 0 Å². The van der Waals surface area contributed by atoms with Gasteiger partial charge in [-0.25, -0.2) is 4.39 Å². The molecule has 0 aliphatic carbocycles. The summed E-state index contributed by atoms with van der Waals surface area (Å²) in [5.41, 5.74) is 0. The highest BCUT2D eigenvalue weighted by molar-refractivity contribution is 5.30. The third kappa shape index (κ3) is 1.91. The summed E-state index contributed by atoms with van der Waals surface area (Å²) < 4.78 is 25.9. The van der Waals surface area contributed by atoms with E-state index in [1.54, 1.807) is 30.3 Å². The number of ether oxygens (including phenoxy) is 1. The van der Waals surface area contributed by atoms with Gasteiger partial charge in [-0.05, 0) is 18.2 Å². The van der Waals surface area contributed by atoms with E-state index in [0.29, 0.717) is 5.75 Å². The van der Waals surface area contributed by atoms with Gasteiger partial charge in [-0.3, -0.25) is 0 Å². The molecular weight excluding hydrogens is 179 g/mol. The lowest BCUT2D eigenvalue weighted by Gasteiger charge is -2.04. The van der Waals surface area contributed by atoms with Gasteiger partial charge in [0.15, 0.2) is 11.6 Å². The van der Waals surface area contributed by atoms with Crippen LogP contribution >= 0.6 is 0 Å². The van der Waals surface area contributed by atoms with E-state index in [1.807, 2.05) is 0 Å². The molecule has 0 aliphatic heterocycles. The first-order chi connectivity index (χ1) is 7.27. The van der Waals surface area contributed by atoms with Gasteiger partial charge in [-0.15, -0.1) is 0 Å². The van der Waals surface area contributed by atoms with Crippen LogP contribution in [-0.2, 0) is 0 Å². The molecule has 14 heavy (non-hydrogen) atoms. The van der Waals surface area contributed by atoms with Crippen LogP contribution in [-0.4, -0.2) is 0 Å². The molecule has 2 aromatic carbocycles. The molecule has 0 N–H and O–H groups in total. The Morgan fingerprint density at radius 3 is 2.86 bits per heavy atom. The molecule has 1 radical (unpaired) electrons. The second kappa shape index (κ2) is 3.92. The minimum absolute atomic E-state index is 0.0463. The van der Waals surface area contributed by atoms with Crippen molar-refractivity contribution < 1.29 is 10.5 Å². The van der Waals surface area contributed by atoms with Crippen molar-refractivity contribution in [3.8, 4) is 11.5 Å². The third-order valence-corrected chi connectivity index (χ3v) is 1.67. The molecule has 0 aromatic heterocycles. The molecule has 2 rings (SSSR count). The van der Waals surface area contributed by atoms with Gasteiger partial charge in [0, 0.05) is 6.07 Å². The van der Waals surface area contributed by atoms with E-state index in [9.17, 15) is 4.39 Å². The van der Waals surface area contributed by atoms with Gasteiger partial charge >= 0.3 is 0 Å². The van der Waals surface area contributed by atoms with Crippen LogP contribution in [0.5, 0.6) is 11.5 Å². The third-order valence-electron chi connectivity index (χ3n) is 1.67. The molecule has 0 aliphatic rings. The van der Waals surface area contributed by atoms with Crippen LogP contribution in [0.25, 0.3) is 0 Å². The average molecular weight is 188 g/mol. The molecule has 69 valence electrons. The van der Waals surface area contributed by atoms with Crippen molar-refractivity contribution in [2.75, 3.05) is 0 Å². The van der Waals surface area contributed by atoms with Crippen LogP contribution in [0.4, 0.5) is 4.39 Å². The van der Waals surface area contributed by atoms with E-state index in [-0.39, 0.29) is 11.8 Å². The molecule has 0 saturated heterocycles. The molecular formula is C12H8FO. The number of hydrogen-bond acceptors (Lipinski definition) is 1. The van der Waals surface area contributed by atoms with E-state index in [2.05, 4.69) is 6.07 Å². The SMILES string of the molecule is [2H]c1cccc(Oc2[c]cccc2)c1F. The number of para-hydroxylation sites is 2. The Labute approximate surface area is 83.2 Å². The molecule has 1 nitrogen and oxygen atoms in total. The predicted octanol–water partition coefficient (Wildman–Crippen LogP) is 3.42. The maximum atomic E-state index is 13.4. The van der Waals surface area contributed by atoms with Crippen LogP contribution < -0.4 is 4.74 Å². The van der Waals surface area contributed by atoms with Gasteiger partial charge < -0.3 is 4.74 Å². The van der Waals surface area contributed by atoms with Crippen molar-refractivity contribution in [2.24, 2.45) is 0 Å². The van der Waals surface area contributed by atoms with Gasteiger partial charge in [0.2, 0.25) is 0 Å². The van der Waals surface area contributed by atoms with Gasteiger partial charge in [-0.1, -0.05) is 30.3 Å². The Bertz CT molecular complexity index is 456. The topological polar surface area (TPSA) is 9.23 Å². The summed E-state index contributed by atoms with van der Waals surface area (Å²) in [5, 5.41) is 0. The van der Waals surface area contributed by atoms with Crippen LogP contribution in [0.3, 0.4) is 0 Å². The lowest BCUT2D eigenvalue weighted by atomic mass is 10.3. The van der Waals surface area contributed by atoms with Crippen molar-refractivity contribution in [3.63, 3.8) is 0 Å². The molecule has 0 saturated carbocycles. The summed E-state index contributed by atoms with van der Waals surface area (Å²) in [6.45, 7) is 0. The van der Waals surface area contributed by atoms with Crippen molar-refractivity contribution >= 4 is 0 Å². The van der Waals surface area contributed by atoms with Crippen molar-refractivity contribution in [3.05, 3.63) is 60.4 Å². The summed E-state index contributed by atoms with van der Waals surface area (Å²) in [5.74, 6) is -0.179. The fourth-order valence-corrected chi connectivity index (χ4v) is 1.04. The monoisotopic (exact) mass is 188 g/mol. The molecule has 0 unspecified atom stereocenters. The van der Waals surface area contributed by atoms with E-state index < -0.39 is 5.82 Å². The van der Waals surface area contributed by atoms with E-state index in [4.69, 9.17) is 6.11 Å². The molecule has 0 heterocycles. The first kappa shape index (κ1) is 7.56. The smallest absolute Gasteiger partial charge is 0.165 e. The van der Waals surface area contributed by atoms with Crippen LogP contribution in [0.1, 0.15) is 1.37 Å². The normalized spacial score (nSPS) is 10.8. The van der Waals surface area contributed by atoms with Gasteiger partial charge in [0.05, 0.1) is 1.37 Å². The Morgan fingerprint density at radius 2 is 2.07 bits per heavy atom. The lowest BCUT2D eigenvalue weighted by Crippen LogP contribution is -1.86. The highest BCUT2D eigenvalue weighted by atomic mass is 19.1. The van der Waals surface area contributed by atoms with Crippen LogP contribution in [0.2, 0.25) is 0 Å². The van der Waals surface area contributed by atoms with Gasteiger partial charge in [0.25, 0.3) is 0 Å². The maximum absolute atomic E-state index is 13.4. The summed E-state index contributed by atoms with van der Waals surface area (Å²) in [4.78, 5) is 0. The zero-order valence-corrected chi connectivity index (χ0v) is 7.33. The van der Waals surface area contributed by atoms with Crippen molar-refractivity contribution in [1.82, 2.24) is 0 Å². The fraction of sp³-hybridized carbons (Fsp3) is 0. The summed E-state index contributed by atoms with van der Waals surface area (Å²) in [6, 6.07) is 14.0. The van der Waals surface area contributed by atoms with Crippen LogP contribution in [0.15, 0.2) is 48.5 Å². The standard InChI is InChI=1S/C12H8FO/c13-11-8-4-5-9-12(11)14-10-6-2-1-3-7-10/h1-6,8-9H/i8D. The van der Waals surface area contributed by atoms with Crippen LogP contribution in [0, 0.1) is 11.9 Å². The molecule has 0 fully saturated rings. The zero-order chi connectivity index (χ0) is 10.7. The lowest BCUT2D eigenvalue weighted by molar-refractivity contribution is 0.441. The van der Waals surface area contributed by atoms with Crippen molar-refractivity contribution in [2.45, 2.75) is 0 Å². The summed E-state index contributed by atoms with van der Waals surface area (Å²) >= 11 is 0. The minimum Gasteiger partial charge on any atom is -0.454 e. The Hall–Kier alpha value is -1.83. The largest absolute Gasteiger partial charge is 0.454 e. The quantitative estimate of drug-likeness (QED) is 0.701. The first-order valence-corrected chi connectivity index (χ1v) is 4.17. The first-order valence-electron chi connectivity index (χ1n) is 4.67. The maximum Gasteiger partial charge on any atom is 0.165 e. The number of halogens is 1. The summed E-state index contributed by atoms with van der Waals surface area (Å²) in [6.07, 6.45) is 0. The number of benzene rings is 2. The second-order valence-electron chi connectivity index (χ2n) is 2.68. The Kier molecular flexibility index (Phi) is 2.12. The fourth-order valence-electron chi connectivity index (χ4n) is 1.04. The molecule has 0 amide bonds. The van der Waals surface area contributed by atoms with Gasteiger partial charge in [0.1, 0.15) is 5.75 Å². The number of rotatable bonds is 2. The van der Waals surface area contributed by atoms with E-state index in [1.165, 1.54) is 12.1 Å². The number of hydrogen-bond donors (Lipinski definition) is 0. The van der Waals surface area contributed by atoms with Crippen molar-refractivity contribution in [1.29, 1.82) is 0 Å².